The zero-order valence-electron chi connectivity index (χ0n) is 24.4. The molecule has 0 bridgehead atoms. The molecular formula is C28H42N4O7. The normalized spacial score (nSPS) is 22.9. The number of hydrogen-bond donors (Lipinski definition) is 1. The minimum atomic E-state index is -0.948. The molecule has 3 rings (SSSR count). The van der Waals surface area contributed by atoms with Gasteiger partial charge in [-0.05, 0) is 30.2 Å². The Labute approximate surface area is 229 Å². The Hall–Kier alpha value is -3.05. The molecule has 1 fully saturated rings. The quantitative estimate of drug-likeness (QED) is 0.436. The van der Waals surface area contributed by atoms with Gasteiger partial charge in [0.2, 0.25) is 5.91 Å². The van der Waals surface area contributed by atoms with Crippen molar-refractivity contribution in [1.82, 2.24) is 14.5 Å². The highest BCUT2D eigenvalue weighted by Gasteiger charge is 2.50. The van der Waals surface area contributed by atoms with Crippen molar-refractivity contribution in [1.29, 1.82) is 0 Å². The van der Waals surface area contributed by atoms with Crippen LogP contribution in [0.2, 0.25) is 0 Å². The first-order valence-electron chi connectivity index (χ1n) is 13.4. The zero-order valence-corrected chi connectivity index (χ0v) is 24.4. The van der Waals surface area contributed by atoms with Crippen LogP contribution in [0.25, 0.3) is 11.0 Å². The monoisotopic (exact) mass is 546 g/mol. The predicted octanol–water partition coefficient (Wildman–Crippen LogP) is 4.18. The molecular weight excluding hydrogens is 504 g/mol. The van der Waals surface area contributed by atoms with Gasteiger partial charge in [0.15, 0.2) is 18.4 Å². The molecule has 2 aromatic rings. The summed E-state index contributed by atoms with van der Waals surface area (Å²) in [7, 11) is 1.51. The van der Waals surface area contributed by atoms with E-state index in [1.807, 2.05) is 6.92 Å². The van der Waals surface area contributed by atoms with E-state index in [2.05, 4.69) is 49.9 Å². The summed E-state index contributed by atoms with van der Waals surface area (Å²) in [6.45, 7) is 15.1. The van der Waals surface area contributed by atoms with Crippen molar-refractivity contribution in [3.8, 4) is 0 Å². The number of aromatic nitrogens is 3. The number of aryl methyl sites for hydroxylation is 1. The maximum absolute atomic E-state index is 13.5. The summed E-state index contributed by atoms with van der Waals surface area (Å²) >= 11 is 0. The summed E-state index contributed by atoms with van der Waals surface area (Å²) in [6.07, 6.45) is 1.42. The average Bonchev–Trinajstić information content (AvgIpc) is 3.34. The second-order valence-electron chi connectivity index (χ2n) is 11.6. The lowest BCUT2D eigenvalue weighted by atomic mass is 9.78. The van der Waals surface area contributed by atoms with Crippen molar-refractivity contribution in [2.75, 3.05) is 19.0 Å². The second-order valence-corrected chi connectivity index (χ2v) is 11.6. The molecule has 1 aliphatic heterocycles. The highest BCUT2D eigenvalue weighted by atomic mass is 16.7. The summed E-state index contributed by atoms with van der Waals surface area (Å²) in [4.78, 5) is 46.3. The first-order chi connectivity index (χ1) is 18.3. The van der Waals surface area contributed by atoms with Gasteiger partial charge in [-0.1, -0.05) is 41.0 Å². The van der Waals surface area contributed by atoms with Crippen LogP contribution in [0.15, 0.2) is 12.5 Å². The number of rotatable bonds is 10. The van der Waals surface area contributed by atoms with E-state index >= 15 is 0 Å². The van der Waals surface area contributed by atoms with E-state index in [-0.39, 0.29) is 29.8 Å². The Kier molecular flexibility index (Phi) is 9.71. The molecule has 11 nitrogen and oxygen atoms in total. The van der Waals surface area contributed by atoms with Crippen molar-refractivity contribution in [3.05, 3.63) is 18.1 Å². The number of carbonyl (C=O) groups is 3. The molecule has 1 amide bonds. The third kappa shape index (κ3) is 7.13. The van der Waals surface area contributed by atoms with Gasteiger partial charge in [0.05, 0.1) is 12.0 Å². The minimum Gasteiger partial charge on any atom is -0.456 e. The highest BCUT2D eigenvalue weighted by Crippen LogP contribution is 2.38. The van der Waals surface area contributed by atoms with Crippen LogP contribution in [0.3, 0.4) is 0 Å². The van der Waals surface area contributed by atoms with Crippen LogP contribution >= 0.6 is 0 Å². The molecule has 6 atom stereocenters. The first-order valence-corrected chi connectivity index (χ1v) is 13.4. The van der Waals surface area contributed by atoms with Gasteiger partial charge in [-0.15, -0.1) is 0 Å². The van der Waals surface area contributed by atoms with Crippen molar-refractivity contribution < 1.29 is 33.3 Å². The Morgan fingerprint density at radius 2 is 1.77 bits per heavy atom. The first kappa shape index (κ1) is 30.5. The standard InChI is InChI=1S/C28H42N4O7/c1-10-15(2)19(11-28(6,7)8)26(35)31-24-21-16(3)12-32(25(21)30-14-29-24)27-23(38-18(5)34)22(37-17(4)33)20(39-27)13-36-9/h12,14-15,19-20,22-23,27H,10-11,13H2,1-9H3,(H,29,30,31,35)/t15?,19?,20-,22?,23+,27-/m1/s1. The van der Waals surface area contributed by atoms with Crippen LogP contribution in [0.5, 0.6) is 0 Å². The van der Waals surface area contributed by atoms with Crippen molar-refractivity contribution >= 4 is 34.7 Å². The van der Waals surface area contributed by atoms with Crippen molar-refractivity contribution in [3.63, 3.8) is 0 Å². The molecule has 0 saturated carbocycles. The van der Waals surface area contributed by atoms with Gasteiger partial charge in [-0.2, -0.15) is 0 Å². The maximum Gasteiger partial charge on any atom is 0.303 e. The fraction of sp³-hybridized carbons (Fsp3) is 0.679. The van der Waals surface area contributed by atoms with Crippen LogP contribution < -0.4 is 5.32 Å². The number of esters is 2. The number of nitrogens with one attached hydrogen (secondary N) is 1. The van der Waals surface area contributed by atoms with Crippen LogP contribution in [-0.2, 0) is 33.3 Å². The molecule has 0 radical (unpaired) electrons. The predicted molar refractivity (Wildman–Crippen MR) is 145 cm³/mol. The number of amides is 1. The fourth-order valence-electron chi connectivity index (χ4n) is 5.15. The molecule has 216 valence electrons. The molecule has 39 heavy (non-hydrogen) atoms. The average molecular weight is 547 g/mol. The molecule has 1 aliphatic rings. The number of hydrogen-bond acceptors (Lipinski definition) is 9. The molecule has 0 spiro atoms. The number of fused-ring (bicyclic) bond motifs is 1. The summed E-state index contributed by atoms with van der Waals surface area (Å²) in [5, 5.41) is 3.70. The van der Waals surface area contributed by atoms with E-state index in [0.717, 1.165) is 18.4 Å². The number of nitrogens with zero attached hydrogens (tertiary/aromatic N) is 3. The van der Waals surface area contributed by atoms with E-state index in [1.165, 1.54) is 27.3 Å². The van der Waals surface area contributed by atoms with Crippen LogP contribution in [-0.4, -0.2) is 64.4 Å². The SMILES string of the molecule is CCC(C)C(CC(C)(C)C)C(=O)Nc1ncnc2c1c(C)cn2[C@@H]1O[C@H](COC)C(OC(C)=O)[C@@H]1OC(C)=O. The zero-order chi connectivity index (χ0) is 29.1. The van der Waals surface area contributed by atoms with E-state index in [4.69, 9.17) is 18.9 Å². The molecule has 3 unspecified atom stereocenters. The number of methoxy groups -OCH3 is 1. The smallest absolute Gasteiger partial charge is 0.303 e. The lowest BCUT2D eigenvalue weighted by Crippen LogP contribution is -2.40. The summed E-state index contributed by atoms with van der Waals surface area (Å²) in [5.41, 5.74) is 1.26. The van der Waals surface area contributed by atoms with Gasteiger partial charge in [-0.25, -0.2) is 9.97 Å². The van der Waals surface area contributed by atoms with E-state index < -0.39 is 36.5 Å². The largest absolute Gasteiger partial charge is 0.456 e. The second kappa shape index (κ2) is 12.4. The Morgan fingerprint density at radius 3 is 2.33 bits per heavy atom. The van der Waals surface area contributed by atoms with Crippen LogP contribution in [0.4, 0.5) is 5.82 Å². The number of anilines is 1. The molecule has 3 heterocycles. The van der Waals surface area contributed by atoms with Gasteiger partial charge in [0.25, 0.3) is 0 Å². The van der Waals surface area contributed by atoms with E-state index in [9.17, 15) is 14.4 Å². The molecule has 0 aliphatic carbocycles. The lowest BCUT2D eigenvalue weighted by Gasteiger charge is -2.29. The number of ether oxygens (including phenoxy) is 4. The van der Waals surface area contributed by atoms with E-state index in [0.29, 0.717) is 16.9 Å². The van der Waals surface area contributed by atoms with Gasteiger partial charge in [0, 0.05) is 33.1 Å². The third-order valence-electron chi connectivity index (χ3n) is 7.04. The molecule has 11 heteroatoms. The minimum absolute atomic E-state index is 0.0194. The van der Waals surface area contributed by atoms with Gasteiger partial charge < -0.3 is 28.8 Å². The summed E-state index contributed by atoms with van der Waals surface area (Å²) in [5.74, 6) is -0.761. The van der Waals surface area contributed by atoms with Crippen molar-refractivity contribution in [2.24, 2.45) is 17.3 Å². The van der Waals surface area contributed by atoms with E-state index in [1.54, 1.807) is 10.8 Å². The van der Waals surface area contributed by atoms with Crippen LogP contribution in [0, 0.1) is 24.2 Å². The molecule has 2 aromatic heterocycles. The summed E-state index contributed by atoms with van der Waals surface area (Å²) < 4.78 is 24.4. The Bertz CT molecular complexity index is 1190. The Balaban J connectivity index is 2.03. The topological polar surface area (TPSA) is 131 Å². The molecule has 1 saturated heterocycles. The third-order valence-corrected chi connectivity index (χ3v) is 7.04. The highest BCUT2D eigenvalue weighted by molar-refractivity contribution is 6.01. The van der Waals surface area contributed by atoms with Crippen molar-refractivity contribution in [2.45, 2.75) is 92.8 Å². The van der Waals surface area contributed by atoms with Gasteiger partial charge >= 0.3 is 11.9 Å². The maximum atomic E-state index is 13.5. The fourth-order valence-corrected chi connectivity index (χ4v) is 5.15. The summed E-state index contributed by atoms with van der Waals surface area (Å²) in [6, 6.07) is 0. The molecule has 0 aromatic carbocycles. The Morgan fingerprint density at radius 1 is 1.13 bits per heavy atom. The van der Waals surface area contributed by atoms with Gasteiger partial charge in [0.1, 0.15) is 23.9 Å². The number of carbonyl (C=O) groups excluding carboxylic acids is 3. The van der Waals surface area contributed by atoms with Gasteiger partial charge in [-0.3, -0.25) is 14.4 Å². The lowest BCUT2D eigenvalue weighted by molar-refractivity contribution is -0.165. The molecule has 1 N–H and O–H groups in total. The van der Waals surface area contributed by atoms with Crippen LogP contribution in [0.1, 0.15) is 73.1 Å².